The Hall–Kier alpha value is -2.56. The number of nitrogens with two attached hydrogens (primary N) is 1. The summed E-state index contributed by atoms with van der Waals surface area (Å²) < 4.78 is 11.2. The van der Waals surface area contributed by atoms with Gasteiger partial charge >= 0.3 is 0 Å². The lowest BCUT2D eigenvalue weighted by Crippen LogP contribution is -2.13. The smallest absolute Gasteiger partial charge is 0.141 e. The molecule has 0 saturated carbocycles. The number of amidine groups is 1. The molecule has 0 fully saturated rings. The lowest BCUT2D eigenvalue weighted by Gasteiger charge is -2.09. The third-order valence-corrected chi connectivity index (χ3v) is 2.80. The van der Waals surface area contributed by atoms with E-state index in [1.54, 1.807) is 12.3 Å². The predicted molar refractivity (Wildman–Crippen MR) is 81.8 cm³/mol. The van der Waals surface area contributed by atoms with Crippen LogP contribution in [-0.2, 0) is 6.61 Å². The number of pyridine rings is 1. The van der Waals surface area contributed by atoms with E-state index in [4.69, 9.17) is 20.6 Å². The van der Waals surface area contributed by atoms with Gasteiger partial charge in [0.15, 0.2) is 0 Å². The van der Waals surface area contributed by atoms with Crippen LogP contribution in [0, 0.1) is 5.41 Å². The van der Waals surface area contributed by atoms with Gasteiger partial charge in [0.1, 0.15) is 29.6 Å². The molecule has 1 aromatic carbocycles. The molecular formula is C16H19N3O2. The van der Waals surface area contributed by atoms with Crippen molar-refractivity contribution in [3.05, 3.63) is 53.9 Å². The van der Waals surface area contributed by atoms with Gasteiger partial charge in [0.05, 0.1) is 6.61 Å². The Morgan fingerprint density at radius 3 is 2.43 bits per heavy atom. The molecule has 0 aliphatic carbocycles. The van der Waals surface area contributed by atoms with Crippen molar-refractivity contribution >= 4 is 5.84 Å². The monoisotopic (exact) mass is 285 g/mol. The molecule has 0 bridgehead atoms. The van der Waals surface area contributed by atoms with Crippen molar-refractivity contribution in [3.8, 4) is 11.5 Å². The molecule has 0 aliphatic rings. The van der Waals surface area contributed by atoms with E-state index in [2.05, 4.69) is 11.9 Å². The third-order valence-electron chi connectivity index (χ3n) is 2.80. The van der Waals surface area contributed by atoms with Crippen LogP contribution in [0.4, 0.5) is 0 Å². The van der Waals surface area contributed by atoms with Gasteiger partial charge in [-0.1, -0.05) is 6.92 Å². The number of hydrogen-bond donors (Lipinski definition) is 2. The summed E-state index contributed by atoms with van der Waals surface area (Å²) in [4.78, 5) is 4.01. The van der Waals surface area contributed by atoms with Crippen molar-refractivity contribution in [1.82, 2.24) is 4.98 Å². The fourth-order valence-electron chi connectivity index (χ4n) is 1.73. The van der Waals surface area contributed by atoms with Gasteiger partial charge in [-0.25, -0.2) is 0 Å². The molecular weight excluding hydrogens is 266 g/mol. The van der Waals surface area contributed by atoms with Crippen LogP contribution in [0.2, 0.25) is 0 Å². The topological polar surface area (TPSA) is 81.2 Å². The number of nitrogen functional groups attached to an aromatic ring is 1. The van der Waals surface area contributed by atoms with E-state index in [1.807, 2.05) is 30.3 Å². The van der Waals surface area contributed by atoms with Gasteiger partial charge in [0.25, 0.3) is 0 Å². The lowest BCUT2D eigenvalue weighted by atomic mass is 10.2. The normalized spacial score (nSPS) is 10.1. The zero-order valence-electron chi connectivity index (χ0n) is 12.0. The summed E-state index contributed by atoms with van der Waals surface area (Å²) in [7, 11) is 0. The number of hydrogen-bond acceptors (Lipinski definition) is 4. The summed E-state index contributed by atoms with van der Waals surface area (Å²) in [5.74, 6) is 1.56. The molecule has 0 atom stereocenters. The summed E-state index contributed by atoms with van der Waals surface area (Å²) >= 11 is 0. The molecule has 0 unspecified atom stereocenters. The van der Waals surface area contributed by atoms with Crippen LogP contribution in [0.25, 0.3) is 0 Å². The van der Waals surface area contributed by atoms with Crippen molar-refractivity contribution in [3.63, 3.8) is 0 Å². The molecule has 0 radical (unpaired) electrons. The molecule has 3 N–H and O–H groups in total. The molecule has 1 heterocycles. The van der Waals surface area contributed by atoms with Gasteiger partial charge in [0, 0.05) is 6.20 Å². The third kappa shape index (κ3) is 4.49. The summed E-state index contributed by atoms with van der Waals surface area (Å²) in [5.41, 5.74) is 6.79. The lowest BCUT2D eigenvalue weighted by molar-refractivity contribution is 0.301. The Balaban J connectivity index is 1.93. The van der Waals surface area contributed by atoms with E-state index >= 15 is 0 Å². The summed E-state index contributed by atoms with van der Waals surface area (Å²) in [6.45, 7) is 3.19. The zero-order chi connectivity index (χ0) is 15.1. The maximum absolute atomic E-state index is 7.37. The molecule has 5 heteroatoms. The molecule has 2 rings (SSSR count). The fraction of sp³-hybridized carbons (Fsp3) is 0.250. The van der Waals surface area contributed by atoms with E-state index < -0.39 is 0 Å². The number of aromatic nitrogens is 1. The second-order valence-corrected chi connectivity index (χ2v) is 4.57. The van der Waals surface area contributed by atoms with Gasteiger partial charge in [-0.15, -0.1) is 0 Å². The second-order valence-electron chi connectivity index (χ2n) is 4.57. The summed E-state index contributed by atoms with van der Waals surface area (Å²) in [5, 5.41) is 7.37. The van der Waals surface area contributed by atoms with Gasteiger partial charge in [0.2, 0.25) is 0 Å². The first kappa shape index (κ1) is 14.8. The molecule has 1 aromatic heterocycles. The quantitative estimate of drug-likeness (QED) is 0.605. The molecule has 5 nitrogen and oxygen atoms in total. The number of nitrogens with zero attached hydrogens (tertiary/aromatic N) is 1. The van der Waals surface area contributed by atoms with Crippen LogP contribution in [-0.4, -0.2) is 17.4 Å². The van der Waals surface area contributed by atoms with Gasteiger partial charge in [-0.05, 0) is 48.4 Å². The van der Waals surface area contributed by atoms with Crippen LogP contribution in [0.5, 0.6) is 11.5 Å². The molecule has 0 spiro atoms. The average Bonchev–Trinajstić information content (AvgIpc) is 2.52. The number of rotatable bonds is 7. The Bertz CT molecular complexity index is 597. The minimum atomic E-state index is -0.0470. The van der Waals surface area contributed by atoms with Crippen LogP contribution < -0.4 is 15.2 Å². The van der Waals surface area contributed by atoms with Gasteiger partial charge < -0.3 is 15.2 Å². The molecule has 2 aromatic rings. The van der Waals surface area contributed by atoms with E-state index in [9.17, 15) is 0 Å². The minimum absolute atomic E-state index is 0.0470. The first-order chi connectivity index (χ1) is 10.2. The fourth-order valence-corrected chi connectivity index (χ4v) is 1.73. The highest BCUT2D eigenvalue weighted by Gasteiger charge is 2.02. The standard InChI is InChI=1S/C16H19N3O2/c1-2-9-20-13-3-5-14(6-4-13)21-11-12-7-8-19-15(10-12)16(17)18/h3-8,10H,2,9,11H2,1H3,(H3,17,18). The van der Waals surface area contributed by atoms with Crippen molar-refractivity contribution in [2.45, 2.75) is 20.0 Å². The highest BCUT2D eigenvalue weighted by molar-refractivity contribution is 5.93. The highest BCUT2D eigenvalue weighted by atomic mass is 16.5. The Morgan fingerprint density at radius 1 is 1.14 bits per heavy atom. The minimum Gasteiger partial charge on any atom is -0.494 e. The summed E-state index contributed by atoms with van der Waals surface area (Å²) in [6.07, 6.45) is 2.61. The van der Waals surface area contributed by atoms with Crippen LogP contribution in [0.1, 0.15) is 24.6 Å². The molecule has 110 valence electrons. The number of benzene rings is 1. The average molecular weight is 285 g/mol. The summed E-state index contributed by atoms with van der Waals surface area (Å²) in [6, 6.07) is 11.1. The SMILES string of the molecule is CCCOc1ccc(OCc2ccnc(C(=N)N)c2)cc1. The van der Waals surface area contributed by atoms with E-state index in [1.165, 1.54) is 0 Å². The number of ether oxygens (including phenoxy) is 2. The van der Waals surface area contributed by atoms with Gasteiger partial charge in [-0.3, -0.25) is 10.4 Å². The van der Waals surface area contributed by atoms with E-state index in [0.29, 0.717) is 18.9 Å². The Labute approximate surface area is 124 Å². The predicted octanol–water partition coefficient (Wildman–Crippen LogP) is 2.73. The largest absolute Gasteiger partial charge is 0.494 e. The molecule has 0 amide bonds. The van der Waals surface area contributed by atoms with E-state index in [0.717, 1.165) is 23.5 Å². The molecule has 21 heavy (non-hydrogen) atoms. The molecule has 0 aliphatic heterocycles. The Kier molecular flexibility index (Phi) is 5.15. The first-order valence-electron chi connectivity index (χ1n) is 6.84. The van der Waals surface area contributed by atoms with Crippen molar-refractivity contribution in [2.75, 3.05) is 6.61 Å². The van der Waals surface area contributed by atoms with E-state index in [-0.39, 0.29) is 5.84 Å². The van der Waals surface area contributed by atoms with Crippen molar-refractivity contribution in [2.24, 2.45) is 5.73 Å². The maximum Gasteiger partial charge on any atom is 0.141 e. The molecule has 0 saturated heterocycles. The maximum atomic E-state index is 7.37. The zero-order valence-corrected chi connectivity index (χ0v) is 12.0. The van der Waals surface area contributed by atoms with Crippen molar-refractivity contribution < 1.29 is 9.47 Å². The van der Waals surface area contributed by atoms with Crippen molar-refractivity contribution in [1.29, 1.82) is 5.41 Å². The van der Waals surface area contributed by atoms with Crippen LogP contribution in [0.3, 0.4) is 0 Å². The first-order valence-corrected chi connectivity index (χ1v) is 6.84. The van der Waals surface area contributed by atoms with Crippen LogP contribution >= 0.6 is 0 Å². The second kappa shape index (κ2) is 7.28. The van der Waals surface area contributed by atoms with Gasteiger partial charge in [-0.2, -0.15) is 0 Å². The van der Waals surface area contributed by atoms with Crippen LogP contribution in [0.15, 0.2) is 42.6 Å². The Morgan fingerprint density at radius 2 is 1.81 bits per heavy atom. The number of nitrogens with one attached hydrogen (secondary N) is 1. The highest BCUT2D eigenvalue weighted by Crippen LogP contribution is 2.18.